The van der Waals surface area contributed by atoms with Crippen molar-refractivity contribution < 1.29 is 14.7 Å². The fourth-order valence-corrected chi connectivity index (χ4v) is 2.71. The predicted molar refractivity (Wildman–Crippen MR) is 81.0 cm³/mol. The molecule has 4 heteroatoms. The van der Waals surface area contributed by atoms with Gasteiger partial charge in [0.2, 0.25) is 5.91 Å². The third-order valence-electron chi connectivity index (χ3n) is 4.57. The van der Waals surface area contributed by atoms with E-state index in [1.807, 2.05) is 6.07 Å². The van der Waals surface area contributed by atoms with Gasteiger partial charge in [-0.1, -0.05) is 36.8 Å². The van der Waals surface area contributed by atoms with Crippen LogP contribution in [-0.2, 0) is 15.0 Å². The molecular weight excluding hydrogens is 266 g/mol. The molecule has 0 bridgehead atoms. The second-order valence-corrected chi connectivity index (χ2v) is 6.25. The molecule has 1 aliphatic rings. The Labute approximate surface area is 125 Å². The van der Waals surface area contributed by atoms with E-state index in [1.165, 1.54) is 19.3 Å². The molecule has 0 aromatic heterocycles. The van der Waals surface area contributed by atoms with Gasteiger partial charge in [0.15, 0.2) is 0 Å². The first-order valence-corrected chi connectivity index (χ1v) is 7.46. The maximum absolute atomic E-state index is 12.4. The molecule has 1 saturated carbocycles. The minimum Gasteiger partial charge on any atom is -0.481 e. The molecular formula is C17H23NO3. The van der Waals surface area contributed by atoms with Crippen molar-refractivity contribution >= 4 is 11.9 Å². The highest BCUT2D eigenvalue weighted by Gasteiger charge is 2.38. The van der Waals surface area contributed by atoms with Crippen molar-refractivity contribution in [2.45, 2.75) is 38.0 Å². The summed E-state index contributed by atoms with van der Waals surface area (Å²) in [5.74, 6) is -0.471. The zero-order valence-electron chi connectivity index (χ0n) is 12.7. The number of carbonyl (C=O) groups is 2. The van der Waals surface area contributed by atoms with E-state index in [0.29, 0.717) is 11.5 Å². The molecule has 2 rings (SSSR count). The van der Waals surface area contributed by atoms with Gasteiger partial charge in [-0.15, -0.1) is 0 Å². The van der Waals surface area contributed by atoms with Gasteiger partial charge in [-0.2, -0.15) is 0 Å². The minimum atomic E-state index is -1.17. The fraction of sp³-hybridized carbons (Fsp3) is 0.529. The molecule has 0 spiro atoms. The van der Waals surface area contributed by atoms with Crippen LogP contribution in [-0.4, -0.2) is 35.5 Å². The molecule has 0 saturated heterocycles. The molecule has 21 heavy (non-hydrogen) atoms. The summed E-state index contributed by atoms with van der Waals surface area (Å²) < 4.78 is 0. The van der Waals surface area contributed by atoms with Gasteiger partial charge in [0.1, 0.15) is 0 Å². The van der Waals surface area contributed by atoms with E-state index in [0.717, 1.165) is 6.54 Å². The van der Waals surface area contributed by atoms with Crippen LogP contribution in [0.2, 0.25) is 0 Å². The molecule has 1 aromatic rings. The predicted octanol–water partition coefficient (Wildman–Crippen LogP) is 2.68. The monoisotopic (exact) mass is 289 g/mol. The molecule has 1 amide bonds. The van der Waals surface area contributed by atoms with Crippen LogP contribution in [0, 0.1) is 5.92 Å². The van der Waals surface area contributed by atoms with Gasteiger partial charge in [0, 0.05) is 20.0 Å². The lowest BCUT2D eigenvalue weighted by atomic mass is 9.79. The van der Waals surface area contributed by atoms with Crippen molar-refractivity contribution in [3.05, 3.63) is 35.9 Å². The average molecular weight is 289 g/mol. The van der Waals surface area contributed by atoms with Gasteiger partial charge in [0.05, 0.1) is 5.41 Å². The number of benzene rings is 1. The van der Waals surface area contributed by atoms with E-state index < -0.39 is 11.4 Å². The Morgan fingerprint density at radius 3 is 2.38 bits per heavy atom. The van der Waals surface area contributed by atoms with E-state index in [1.54, 1.807) is 43.1 Å². The first kappa shape index (κ1) is 15.5. The van der Waals surface area contributed by atoms with Crippen LogP contribution in [0.4, 0.5) is 0 Å². The zero-order valence-corrected chi connectivity index (χ0v) is 12.7. The summed E-state index contributed by atoms with van der Waals surface area (Å²) in [5, 5.41) is 9.59. The van der Waals surface area contributed by atoms with Gasteiger partial charge in [-0.05, 0) is 31.2 Å². The molecule has 1 atom stereocenters. The lowest BCUT2D eigenvalue weighted by Gasteiger charge is -2.32. The first-order valence-electron chi connectivity index (χ1n) is 7.46. The second-order valence-electron chi connectivity index (χ2n) is 6.25. The smallest absolute Gasteiger partial charge is 0.314 e. The summed E-state index contributed by atoms with van der Waals surface area (Å²) in [7, 11) is 1.77. The quantitative estimate of drug-likeness (QED) is 0.876. The molecule has 4 nitrogen and oxygen atoms in total. The average Bonchev–Trinajstić information content (AvgIpc) is 2.43. The summed E-state index contributed by atoms with van der Waals surface area (Å²) >= 11 is 0. The normalized spacial score (nSPS) is 17.6. The number of amides is 1. The third kappa shape index (κ3) is 3.43. The van der Waals surface area contributed by atoms with E-state index in [9.17, 15) is 14.7 Å². The van der Waals surface area contributed by atoms with Gasteiger partial charge < -0.3 is 10.0 Å². The van der Waals surface area contributed by atoms with Crippen molar-refractivity contribution in [1.29, 1.82) is 0 Å². The van der Waals surface area contributed by atoms with Gasteiger partial charge in [-0.3, -0.25) is 9.59 Å². The summed E-state index contributed by atoms with van der Waals surface area (Å²) in [4.78, 5) is 25.8. The number of nitrogens with zero attached hydrogens (tertiary/aromatic N) is 1. The van der Waals surface area contributed by atoms with Crippen molar-refractivity contribution in [3.8, 4) is 0 Å². The van der Waals surface area contributed by atoms with Crippen molar-refractivity contribution in [2.24, 2.45) is 5.92 Å². The Balaban J connectivity index is 2.08. The first-order chi connectivity index (χ1) is 9.93. The van der Waals surface area contributed by atoms with Crippen LogP contribution in [0.15, 0.2) is 30.3 Å². The van der Waals surface area contributed by atoms with E-state index in [-0.39, 0.29) is 12.3 Å². The number of carboxylic acid groups (broad SMARTS) is 1. The van der Waals surface area contributed by atoms with Crippen LogP contribution in [0.5, 0.6) is 0 Å². The summed E-state index contributed by atoms with van der Waals surface area (Å²) in [6, 6.07) is 9.00. The number of hydrogen-bond donors (Lipinski definition) is 1. The summed E-state index contributed by atoms with van der Waals surface area (Å²) in [5.41, 5.74) is -0.505. The van der Waals surface area contributed by atoms with Gasteiger partial charge >= 0.3 is 5.97 Å². The molecule has 0 heterocycles. The maximum atomic E-state index is 12.4. The molecule has 1 fully saturated rings. The minimum absolute atomic E-state index is 0.00440. The molecule has 1 aromatic carbocycles. The summed E-state index contributed by atoms with van der Waals surface area (Å²) in [6.07, 6.45) is 3.58. The Morgan fingerprint density at radius 2 is 1.90 bits per heavy atom. The van der Waals surface area contributed by atoms with Crippen molar-refractivity contribution in [3.63, 3.8) is 0 Å². The van der Waals surface area contributed by atoms with Crippen LogP contribution in [0.25, 0.3) is 0 Å². The number of aliphatic carboxylic acids is 1. The summed E-state index contributed by atoms with van der Waals surface area (Å²) in [6.45, 7) is 2.36. The Hall–Kier alpha value is -1.84. The zero-order chi connectivity index (χ0) is 15.5. The fourth-order valence-electron chi connectivity index (χ4n) is 2.71. The number of carboxylic acids is 1. The van der Waals surface area contributed by atoms with E-state index in [2.05, 4.69) is 0 Å². The van der Waals surface area contributed by atoms with Crippen LogP contribution in [0.3, 0.4) is 0 Å². The van der Waals surface area contributed by atoms with Crippen LogP contribution in [0.1, 0.15) is 38.2 Å². The molecule has 114 valence electrons. The molecule has 1 N–H and O–H groups in total. The van der Waals surface area contributed by atoms with E-state index in [4.69, 9.17) is 0 Å². The topological polar surface area (TPSA) is 57.6 Å². The Morgan fingerprint density at radius 1 is 1.29 bits per heavy atom. The molecule has 1 unspecified atom stereocenters. The lowest BCUT2D eigenvalue weighted by molar-refractivity contribution is -0.147. The Bertz CT molecular complexity index is 510. The maximum Gasteiger partial charge on any atom is 0.314 e. The van der Waals surface area contributed by atoms with Crippen LogP contribution < -0.4 is 0 Å². The van der Waals surface area contributed by atoms with Gasteiger partial charge in [-0.25, -0.2) is 0 Å². The number of rotatable bonds is 6. The van der Waals surface area contributed by atoms with E-state index >= 15 is 0 Å². The third-order valence-corrected chi connectivity index (χ3v) is 4.57. The van der Waals surface area contributed by atoms with Crippen molar-refractivity contribution in [1.82, 2.24) is 4.90 Å². The largest absolute Gasteiger partial charge is 0.481 e. The lowest BCUT2D eigenvalue weighted by Crippen LogP contribution is -2.41. The SMILES string of the molecule is CN(CC1CCC1)C(=O)CC(C)(C(=O)O)c1ccccc1. The highest BCUT2D eigenvalue weighted by molar-refractivity contribution is 5.89. The standard InChI is InChI=1S/C17H23NO3/c1-17(16(20)21,14-9-4-3-5-10-14)11-15(19)18(2)12-13-7-6-8-13/h3-5,9-10,13H,6-8,11-12H2,1-2H3,(H,20,21). The molecule has 0 aliphatic heterocycles. The number of carbonyl (C=O) groups excluding carboxylic acids is 1. The van der Waals surface area contributed by atoms with Crippen molar-refractivity contribution in [2.75, 3.05) is 13.6 Å². The highest BCUT2D eigenvalue weighted by atomic mass is 16.4. The molecule has 1 aliphatic carbocycles. The molecule has 0 radical (unpaired) electrons. The highest BCUT2D eigenvalue weighted by Crippen LogP contribution is 2.30. The number of hydrogen-bond acceptors (Lipinski definition) is 2. The Kier molecular flexibility index (Phi) is 4.66. The van der Waals surface area contributed by atoms with Gasteiger partial charge in [0.25, 0.3) is 0 Å². The second kappa shape index (κ2) is 6.29. The van der Waals surface area contributed by atoms with Crippen LogP contribution >= 0.6 is 0 Å².